The van der Waals surface area contributed by atoms with Crippen LogP contribution >= 0.6 is 0 Å². The van der Waals surface area contributed by atoms with Crippen LogP contribution in [0.2, 0.25) is 0 Å². The number of hydrogen-bond acceptors (Lipinski definition) is 4. The summed E-state index contributed by atoms with van der Waals surface area (Å²) >= 11 is 0. The summed E-state index contributed by atoms with van der Waals surface area (Å²) in [6.45, 7) is 3.58. The van der Waals surface area contributed by atoms with Crippen LogP contribution in [0.3, 0.4) is 0 Å². The predicted molar refractivity (Wildman–Crippen MR) is 111 cm³/mol. The first-order valence-electron chi connectivity index (χ1n) is 9.91. The van der Waals surface area contributed by atoms with Crippen LogP contribution in [0.15, 0.2) is 54.6 Å². The SMILES string of the molecule is COc1ccccc1CN(C)C(=O)CN1CCCC(COc2ccccc2)C1. The quantitative estimate of drug-likeness (QED) is 0.701. The van der Waals surface area contributed by atoms with E-state index in [9.17, 15) is 4.79 Å². The number of para-hydroxylation sites is 2. The van der Waals surface area contributed by atoms with Crippen LogP contribution < -0.4 is 9.47 Å². The molecule has 2 aromatic rings. The third kappa shape index (κ3) is 5.73. The first kappa shape index (κ1) is 20.2. The molecule has 5 nitrogen and oxygen atoms in total. The van der Waals surface area contributed by atoms with Gasteiger partial charge in [0.15, 0.2) is 0 Å². The van der Waals surface area contributed by atoms with E-state index in [0.717, 1.165) is 43.0 Å². The minimum absolute atomic E-state index is 0.135. The molecule has 28 heavy (non-hydrogen) atoms. The van der Waals surface area contributed by atoms with E-state index in [4.69, 9.17) is 9.47 Å². The second-order valence-electron chi connectivity index (χ2n) is 7.43. The normalized spacial score (nSPS) is 17.1. The third-order valence-corrected chi connectivity index (χ3v) is 5.22. The van der Waals surface area contributed by atoms with Crippen molar-refractivity contribution in [2.45, 2.75) is 19.4 Å². The Morgan fingerprint density at radius 3 is 2.68 bits per heavy atom. The molecule has 0 spiro atoms. The highest BCUT2D eigenvalue weighted by Gasteiger charge is 2.23. The highest BCUT2D eigenvalue weighted by Crippen LogP contribution is 2.20. The Bertz CT molecular complexity index is 751. The van der Waals surface area contributed by atoms with Crippen molar-refractivity contribution in [1.29, 1.82) is 0 Å². The van der Waals surface area contributed by atoms with E-state index >= 15 is 0 Å². The van der Waals surface area contributed by atoms with Gasteiger partial charge in [0.2, 0.25) is 5.91 Å². The third-order valence-electron chi connectivity index (χ3n) is 5.22. The molecule has 0 bridgehead atoms. The van der Waals surface area contributed by atoms with Crippen molar-refractivity contribution in [3.05, 3.63) is 60.2 Å². The molecule has 1 unspecified atom stereocenters. The number of likely N-dealkylation sites (tertiary alicyclic amines) is 1. The first-order chi connectivity index (χ1) is 13.7. The van der Waals surface area contributed by atoms with E-state index in [1.54, 1.807) is 12.0 Å². The van der Waals surface area contributed by atoms with Crippen LogP contribution in [0.25, 0.3) is 0 Å². The first-order valence-corrected chi connectivity index (χ1v) is 9.91. The monoisotopic (exact) mass is 382 g/mol. The minimum atomic E-state index is 0.135. The standard InChI is InChI=1S/C23H30N2O3/c1-24(16-20-10-6-7-13-22(20)27-2)23(26)17-25-14-8-9-19(15-25)18-28-21-11-4-3-5-12-21/h3-7,10-13,19H,8-9,14-18H2,1-2H3. The van der Waals surface area contributed by atoms with Gasteiger partial charge in [0.25, 0.3) is 0 Å². The zero-order valence-electron chi connectivity index (χ0n) is 16.8. The second kappa shape index (κ2) is 10.1. The highest BCUT2D eigenvalue weighted by molar-refractivity contribution is 5.78. The summed E-state index contributed by atoms with van der Waals surface area (Å²) in [5, 5.41) is 0. The molecule has 0 N–H and O–H groups in total. The maximum absolute atomic E-state index is 12.7. The largest absolute Gasteiger partial charge is 0.496 e. The topological polar surface area (TPSA) is 42.0 Å². The van der Waals surface area contributed by atoms with Gasteiger partial charge in [0.05, 0.1) is 20.3 Å². The smallest absolute Gasteiger partial charge is 0.236 e. The fraction of sp³-hybridized carbons (Fsp3) is 0.435. The fourth-order valence-corrected chi connectivity index (χ4v) is 3.65. The van der Waals surface area contributed by atoms with Crippen molar-refractivity contribution in [2.75, 3.05) is 40.4 Å². The minimum Gasteiger partial charge on any atom is -0.496 e. The Labute approximate surface area is 167 Å². The Hall–Kier alpha value is -2.53. The van der Waals surface area contributed by atoms with E-state index < -0.39 is 0 Å². The van der Waals surface area contributed by atoms with Crippen molar-refractivity contribution < 1.29 is 14.3 Å². The van der Waals surface area contributed by atoms with E-state index in [1.165, 1.54) is 0 Å². The Morgan fingerprint density at radius 1 is 1.14 bits per heavy atom. The lowest BCUT2D eigenvalue weighted by atomic mass is 9.99. The van der Waals surface area contributed by atoms with Crippen LogP contribution in [0.1, 0.15) is 18.4 Å². The lowest BCUT2D eigenvalue weighted by molar-refractivity contribution is -0.132. The van der Waals surface area contributed by atoms with Crippen molar-refractivity contribution in [3.8, 4) is 11.5 Å². The van der Waals surface area contributed by atoms with Gasteiger partial charge in [-0.2, -0.15) is 0 Å². The summed E-state index contributed by atoms with van der Waals surface area (Å²) in [6.07, 6.45) is 2.25. The van der Waals surface area contributed by atoms with E-state index in [-0.39, 0.29) is 5.91 Å². The number of carbonyl (C=O) groups excluding carboxylic acids is 1. The predicted octanol–water partition coefficient (Wildman–Crippen LogP) is 3.44. The lowest BCUT2D eigenvalue weighted by Gasteiger charge is -2.33. The van der Waals surface area contributed by atoms with Crippen molar-refractivity contribution in [2.24, 2.45) is 5.92 Å². The summed E-state index contributed by atoms with van der Waals surface area (Å²) in [5.74, 6) is 2.32. The highest BCUT2D eigenvalue weighted by atomic mass is 16.5. The van der Waals surface area contributed by atoms with Gasteiger partial charge in [0, 0.05) is 31.6 Å². The fourth-order valence-electron chi connectivity index (χ4n) is 3.65. The maximum Gasteiger partial charge on any atom is 0.236 e. The lowest BCUT2D eigenvalue weighted by Crippen LogP contribution is -2.44. The summed E-state index contributed by atoms with van der Waals surface area (Å²) in [4.78, 5) is 16.7. The molecule has 0 radical (unpaired) electrons. The van der Waals surface area contributed by atoms with Gasteiger partial charge in [-0.1, -0.05) is 36.4 Å². The number of amides is 1. The zero-order valence-corrected chi connectivity index (χ0v) is 16.8. The molecule has 1 amide bonds. The number of rotatable bonds is 8. The number of benzene rings is 2. The zero-order chi connectivity index (χ0) is 19.8. The molecule has 3 rings (SSSR count). The van der Waals surface area contributed by atoms with Crippen LogP contribution in [0.5, 0.6) is 11.5 Å². The molecule has 5 heteroatoms. The molecule has 1 aliphatic rings. The summed E-state index contributed by atoms with van der Waals surface area (Å²) in [5.41, 5.74) is 1.02. The van der Waals surface area contributed by atoms with Gasteiger partial charge in [-0.3, -0.25) is 9.69 Å². The molecule has 0 aromatic heterocycles. The van der Waals surface area contributed by atoms with Gasteiger partial charge < -0.3 is 14.4 Å². The summed E-state index contributed by atoms with van der Waals surface area (Å²) < 4.78 is 11.3. The van der Waals surface area contributed by atoms with Gasteiger partial charge in [-0.05, 0) is 37.6 Å². The van der Waals surface area contributed by atoms with Gasteiger partial charge in [-0.25, -0.2) is 0 Å². The number of hydrogen-bond donors (Lipinski definition) is 0. The molecule has 1 atom stereocenters. The molecule has 1 aliphatic heterocycles. The molecule has 1 heterocycles. The molecule has 1 saturated heterocycles. The van der Waals surface area contributed by atoms with Crippen LogP contribution in [-0.2, 0) is 11.3 Å². The van der Waals surface area contributed by atoms with Crippen LogP contribution in [0, 0.1) is 5.92 Å². The number of nitrogens with zero attached hydrogens (tertiary/aromatic N) is 2. The van der Waals surface area contributed by atoms with Crippen LogP contribution in [-0.4, -0.2) is 56.1 Å². The van der Waals surface area contributed by atoms with Crippen molar-refractivity contribution in [1.82, 2.24) is 9.80 Å². The Balaban J connectivity index is 1.47. The van der Waals surface area contributed by atoms with Crippen LogP contribution in [0.4, 0.5) is 0 Å². The average molecular weight is 383 g/mol. The van der Waals surface area contributed by atoms with Gasteiger partial charge in [0.1, 0.15) is 11.5 Å². The molecule has 1 fully saturated rings. The maximum atomic E-state index is 12.7. The second-order valence-corrected chi connectivity index (χ2v) is 7.43. The molecule has 2 aromatic carbocycles. The Morgan fingerprint density at radius 2 is 1.89 bits per heavy atom. The van der Waals surface area contributed by atoms with Gasteiger partial charge in [-0.15, -0.1) is 0 Å². The average Bonchev–Trinajstić information content (AvgIpc) is 2.73. The molecule has 0 aliphatic carbocycles. The summed E-state index contributed by atoms with van der Waals surface area (Å²) in [6, 6.07) is 17.8. The molecular formula is C23H30N2O3. The number of piperidine rings is 1. The summed E-state index contributed by atoms with van der Waals surface area (Å²) in [7, 11) is 3.51. The number of methoxy groups -OCH3 is 1. The number of ether oxygens (including phenoxy) is 2. The van der Waals surface area contributed by atoms with Crippen molar-refractivity contribution >= 4 is 5.91 Å². The molecule has 0 saturated carbocycles. The van der Waals surface area contributed by atoms with E-state index in [0.29, 0.717) is 25.6 Å². The molecular weight excluding hydrogens is 352 g/mol. The molecule has 150 valence electrons. The van der Waals surface area contributed by atoms with Crippen molar-refractivity contribution in [3.63, 3.8) is 0 Å². The Kier molecular flexibility index (Phi) is 7.31. The number of carbonyl (C=O) groups is 1. The number of likely N-dealkylation sites (N-methyl/N-ethyl adjacent to an activating group) is 1. The van der Waals surface area contributed by atoms with E-state index in [2.05, 4.69) is 4.90 Å². The van der Waals surface area contributed by atoms with E-state index in [1.807, 2.05) is 61.6 Å². The van der Waals surface area contributed by atoms with Gasteiger partial charge >= 0.3 is 0 Å².